The number of nitrogens with zero attached hydrogens (tertiary/aromatic N) is 1. The molecule has 1 aliphatic rings. The molecule has 0 radical (unpaired) electrons. The average Bonchev–Trinajstić information content (AvgIpc) is 2.70. The molecule has 0 heterocycles. The van der Waals surface area contributed by atoms with E-state index in [-0.39, 0.29) is 0 Å². The molecular formula is C16H33N. The largest absolute Gasteiger partial charge is 0.306 e. The molecule has 1 fully saturated rings. The summed E-state index contributed by atoms with van der Waals surface area (Å²) in [5, 5.41) is 0. The summed E-state index contributed by atoms with van der Waals surface area (Å²) in [5.41, 5.74) is 0.552. The van der Waals surface area contributed by atoms with Gasteiger partial charge in [-0.1, -0.05) is 46.5 Å². The third kappa shape index (κ3) is 5.42. The molecule has 0 aliphatic heterocycles. The van der Waals surface area contributed by atoms with Gasteiger partial charge in [0.15, 0.2) is 0 Å². The molecule has 1 nitrogen and oxygen atoms in total. The van der Waals surface area contributed by atoms with Crippen molar-refractivity contribution in [1.29, 1.82) is 0 Å². The molecular weight excluding hydrogens is 206 g/mol. The Morgan fingerprint density at radius 3 is 2.06 bits per heavy atom. The Hall–Kier alpha value is -0.0400. The van der Waals surface area contributed by atoms with Crippen LogP contribution in [-0.4, -0.2) is 25.0 Å². The summed E-state index contributed by atoms with van der Waals surface area (Å²) in [5.74, 6) is 0.993. The molecule has 1 rings (SSSR count). The Morgan fingerprint density at radius 1 is 1.06 bits per heavy atom. The van der Waals surface area contributed by atoms with Crippen molar-refractivity contribution >= 4 is 0 Å². The van der Waals surface area contributed by atoms with Crippen molar-refractivity contribution in [2.24, 2.45) is 11.3 Å². The van der Waals surface area contributed by atoms with Crippen molar-refractivity contribution in [3.05, 3.63) is 0 Å². The Bertz CT molecular complexity index is 188. The maximum absolute atomic E-state index is 2.61. The van der Waals surface area contributed by atoms with Crippen LogP contribution in [0.15, 0.2) is 0 Å². The van der Waals surface area contributed by atoms with Gasteiger partial charge in [0.2, 0.25) is 0 Å². The summed E-state index contributed by atoms with van der Waals surface area (Å²) in [4.78, 5) is 2.61. The maximum Gasteiger partial charge on any atom is 0.00324 e. The molecule has 1 saturated carbocycles. The SMILES string of the molecule is CCCC(C)(CCC)CN(C)CC1CCCC1. The van der Waals surface area contributed by atoms with Gasteiger partial charge in [0, 0.05) is 13.1 Å². The predicted octanol–water partition coefficient (Wildman–Crippen LogP) is 4.71. The topological polar surface area (TPSA) is 3.24 Å². The van der Waals surface area contributed by atoms with Gasteiger partial charge in [-0.25, -0.2) is 0 Å². The smallest absolute Gasteiger partial charge is 0.00324 e. The first kappa shape index (κ1) is 15.0. The normalized spacial score (nSPS) is 18.2. The minimum absolute atomic E-state index is 0.552. The molecule has 0 N–H and O–H groups in total. The number of rotatable bonds is 8. The van der Waals surface area contributed by atoms with Crippen LogP contribution >= 0.6 is 0 Å². The fraction of sp³-hybridized carbons (Fsp3) is 1.00. The van der Waals surface area contributed by atoms with Crippen LogP contribution in [-0.2, 0) is 0 Å². The van der Waals surface area contributed by atoms with Crippen LogP contribution < -0.4 is 0 Å². The third-order valence-corrected chi connectivity index (χ3v) is 4.40. The minimum Gasteiger partial charge on any atom is -0.306 e. The van der Waals surface area contributed by atoms with E-state index in [0.29, 0.717) is 5.41 Å². The van der Waals surface area contributed by atoms with E-state index < -0.39 is 0 Å². The van der Waals surface area contributed by atoms with Crippen molar-refractivity contribution < 1.29 is 0 Å². The van der Waals surface area contributed by atoms with Crippen molar-refractivity contribution in [3.63, 3.8) is 0 Å². The Kier molecular flexibility index (Phi) is 6.54. The van der Waals surface area contributed by atoms with Crippen LogP contribution in [0.5, 0.6) is 0 Å². The highest BCUT2D eigenvalue weighted by atomic mass is 15.1. The first-order valence-corrected chi connectivity index (χ1v) is 7.78. The summed E-state index contributed by atoms with van der Waals surface area (Å²) in [6, 6.07) is 0. The van der Waals surface area contributed by atoms with Crippen LogP contribution in [0.1, 0.15) is 72.1 Å². The van der Waals surface area contributed by atoms with Gasteiger partial charge in [-0.15, -0.1) is 0 Å². The van der Waals surface area contributed by atoms with Crippen LogP contribution in [0, 0.1) is 11.3 Å². The highest BCUT2D eigenvalue weighted by molar-refractivity contribution is 4.79. The van der Waals surface area contributed by atoms with Crippen molar-refractivity contribution in [1.82, 2.24) is 4.90 Å². The monoisotopic (exact) mass is 239 g/mol. The second-order valence-electron chi connectivity index (χ2n) is 6.66. The van der Waals surface area contributed by atoms with E-state index in [1.807, 2.05) is 0 Å². The molecule has 0 amide bonds. The summed E-state index contributed by atoms with van der Waals surface area (Å²) in [7, 11) is 2.34. The van der Waals surface area contributed by atoms with Crippen LogP contribution in [0.3, 0.4) is 0 Å². The lowest BCUT2D eigenvalue weighted by molar-refractivity contribution is 0.150. The summed E-state index contributed by atoms with van der Waals surface area (Å²) < 4.78 is 0. The van der Waals surface area contributed by atoms with Gasteiger partial charge in [0.05, 0.1) is 0 Å². The summed E-state index contributed by atoms with van der Waals surface area (Å²) in [6.07, 6.45) is 11.3. The molecule has 1 heteroatoms. The second-order valence-corrected chi connectivity index (χ2v) is 6.66. The fourth-order valence-electron chi connectivity index (χ4n) is 3.84. The van der Waals surface area contributed by atoms with Gasteiger partial charge in [0.1, 0.15) is 0 Å². The van der Waals surface area contributed by atoms with E-state index in [1.165, 1.54) is 64.5 Å². The van der Waals surface area contributed by atoms with Crippen molar-refractivity contribution in [2.45, 2.75) is 72.1 Å². The highest BCUT2D eigenvalue weighted by Crippen LogP contribution is 2.31. The zero-order chi connectivity index (χ0) is 12.7. The zero-order valence-electron chi connectivity index (χ0n) is 12.6. The van der Waals surface area contributed by atoms with E-state index in [4.69, 9.17) is 0 Å². The van der Waals surface area contributed by atoms with E-state index in [1.54, 1.807) is 0 Å². The molecule has 0 atom stereocenters. The van der Waals surface area contributed by atoms with E-state index in [0.717, 1.165) is 5.92 Å². The first-order valence-electron chi connectivity index (χ1n) is 7.78. The lowest BCUT2D eigenvalue weighted by Gasteiger charge is -2.34. The molecule has 17 heavy (non-hydrogen) atoms. The summed E-state index contributed by atoms with van der Waals surface area (Å²) in [6.45, 7) is 9.77. The Balaban J connectivity index is 2.36. The van der Waals surface area contributed by atoms with Gasteiger partial charge in [-0.3, -0.25) is 0 Å². The Morgan fingerprint density at radius 2 is 1.59 bits per heavy atom. The second kappa shape index (κ2) is 7.41. The van der Waals surface area contributed by atoms with Gasteiger partial charge in [0.25, 0.3) is 0 Å². The van der Waals surface area contributed by atoms with Gasteiger partial charge in [-0.2, -0.15) is 0 Å². The molecule has 0 bridgehead atoms. The zero-order valence-corrected chi connectivity index (χ0v) is 12.6. The maximum atomic E-state index is 2.61. The molecule has 0 aromatic rings. The van der Waals surface area contributed by atoms with E-state index in [9.17, 15) is 0 Å². The quantitative estimate of drug-likeness (QED) is 0.592. The molecule has 0 aromatic carbocycles. The third-order valence-electron chi connectivity index (χ3n) is 4.40. The standard InChI is InChI=1S/C16H33N/c1-5-11-16(3,12-6-2)14-17(4)13-15-9-7-8-10-15/h15H,5-14H2,1-4H3. The average molecular weight is 239 g/mol. The van der Waals surface area contributed by atoms with Crippen LogP contribution in [0.2, 0.25) is 0 Å². The minimum atomic E-state index is 0.552. The van der Waals surface area contributed by atoms with E-state index in [2.05, 4.69) is 32.7 Å². The van der Waals surface area contributed by atoms with Gasteiger partial charge >= 0.3 is 0 Å². The summed E-state index contributed by atoms with van der Waals surface area (Å²) >= 11 is 0. The fourth-order valence-corrected chi connectivity index (χ4v) is 3.84. The van der Waals surface area contributed by atoms with E-state index >= 15 is 0 Å². The molecule has 0 saturated heterocycles. The Labute approximate surface area is 109 Å². The van der Waals surface area contributed by atoms with Crippen molar-refractivity contribution in [3.8, 4) is 0 Å². The van der Waals surface area contributed by atoms with Crippen LogP contribution in [0.25, 0.3) is 0 Å². The lowest BCUT2D eigenvalue weighted by Crippen LogP contribution is -2.36. The van der Waals surface area contributed by atoms with Crippen molar-refractivity contribution in [2.75, 3.05) is 20.1 Å². The van der Waals surface area contributed by atoms with Gasteiger partial charge in [-0.05, 0) is 44.1 Å². The number of hydrogen-bond acceptors (Lipinski definition) is 1. The molecule has 102 valence electrons. The highest BCUT2D eigenvalue weighted by Gasteiger charge is 2.25. The lowest BCUT2D eigenvalue weighted by atomic mass is 9.80. The molecule has 0 unspecified atom stereocenters. The molecule has 0 aromatic heterocycles. The first-order chi connectivity index (χ1) is 8.09. The number of hydrogen-bond donors (Lipinski definition) is 0. The molecule has 1 aliphatic carbocycles. The van der Waals surface area contributed by atoms with Gasteiger partial charge < -0.3 is 4.90 Å². The molecule has 0 spiro atoms. The van der Waals surface area contributed by atoms with Crippen LogP contribution in [0.4, 0.5) is 0 Å². The predicted molar refractivity (Wildman–Crippen MR) is 77.4 cm³/mol.